The summed E-state index contributed by atoms with van der Waals surface area (Å²) in [5.74, 6) is -0.117. The van der Waals surface area contributed by atoms with Gasteiger partial charge in [-0.05, 0) is 68.6 Å². The molecule has 5 heteroatoms. The molecule has 0 aromatic heterocycles. The Morgan fingerprint density at radius 1 is 0.897 bits per heavy atom. The van der Waals surface area contributed by atoms with Gasteiger partial charge in [-0.15, -0.1) is 0 Å². The van der Waals surface area contributed by atoms with Crippen molar-refractivity contribution in [2.24, 2.45) is 0 Å². The first-order valence-electron chi connectivity index (χ1n) is 9.93. The lowest BCUT2D eigenvalue weighted by molar-refractivity contribution is 0.00578. The van der Waals surface area contributed by atoms with E-state index in [0.29, 0.717) is 5.56 Å². The lowest BCUT2D eigenvalue weighted by atomic mass is 9.78. The fraction of sp³-hybridized carbons (Fsp3) is 0.292. The monoisotopic (exact) mass is 387 g/mol. The number of carbonyl (C=O) groups is 1. The molecule has 0 spiro atoms. The molecule has 1 aliphatic heterocycles. The van der Waals surface area contributed by atoms with Crippen molar-refractivity contribution in [3.05, 3.63) is 71.8 Å². The van der Waals surface area contributed by atoms with Gasteiger partial charge in [-0.1, -0.05) is 48.5 Å². The summed E-state index contributed by atoms with van der Waals surface area (Å²) in [6.07, 6.45) is 0. The fourth-order valence-corrected chi connectivity index (χ4v) is 3.53. The maximum absolute atomic E-state index is 12.9. The van der Waals surface area contributed by atoms with E-state index in [0.717, 1.165) is 27.5 Å². The summed E-state index contributed by atoms with van der Waals surface area (Å²) in [5, 5.41) is 4.90. The second kappa shape index (κ2) is 7.01. The van der Waals surface area contributed by atoms with E-state index in [-0.39, 0.29) is 17.1 Å². The molecule has 0 atom stereocenters. The number of amides is 1. The quantitative estimate of drug-likeness (QED) is 0.663. The molecular formula is C24H26BNO3. The highest BCUT2D eigenvalue weighted by molar-refractivity contribution is 6.62. The molecule has 4 nitrogen and oxygen atoms in total. The molecule has 3 aromatic rings. The van der Waals surface area contributed by atoms with E-state index in [4.69, 9.17) is 9.31 Å². The second-order valence-corrected chi connectivity index (χ2v) is 8.64. The average molecular weight is 387 g/mol. The van der Waals surface area contributed by atoms with Gasteiger partial charge in [-0.3, -0.25) is 4.79 Å². The van der Waals surface area contributed by atoms with Gasteiger partial charge in [0.2, 0.25) is 0 Å². The number of hydrogen-bond donors (Lipinski definition) is 1. The first kappa shape index (κ1) is 19.7. The topological polar surface area (TPSA) is 47.6 Å². The molecule has 0 unspecified atom stereocenters. The number of nitrogens with one attached hydrogen (secondary N) is 1. The van der Waals surface area contributed by atoms with Crippen LogP contribution in [-0.2, 0) is 9.31 Å². The number of hydrogen-bond acceptors (Lipinski definition) is 3. The van der Waals surface area contributed by atoms with Crippen LogP contribution in [0.4, 0.5) is 5.69 Å². The Morgan fingerprint density at radius 3 is 2.28 bits per heavy atom. The third-order valence-electron chi connectivity index (χ3n) is 6.07. The van der Waals surface area contributed by atoms with Crippen molar-refractivity contribution < 1.29 is 14.1 Å². The van der Waals surface area contributed by atoms with Crippen LogP contribution in [0.25, 0.3) is 10.8 Å². The normalized spacial score (nSPS) is 17.5. The summed E-state index contributed by atoms with van der Waals surface area (Å²) in [6, 6.07) is 19.5. The van der Waals surface area contributed by atoms with E-state index in [9.17, 15) is 4.79 Å². The van der Waals surface area contributed by atoms with Gasteiger partial charge in [0, 0.05) is 11.3 Å². The lowest BCUT2D eigenvalue weighted by Crippen LogP contribution is -2.41. The van der Waals surface area contributed by atoms with Crippen LogP contribution in [-0.4, -0.2) is 24.2 Å². The number of rotatable bonds is 3. The molecule has 1 heterocycles. The molecule has 3 aromatic carbocycles. The number of para-hydroxylation sites is 1. The first-order valence-corrected chi connectivity index (χ1v) is 9.93. The van der Waals surface area contributed by atoms with Crippen LogP contribution in [0, 0.1) is 6.92 Å². The number of fused-ring (bicyclic) bond motifs is 1. The standard InChI is InChI=1S/C24H26BNO3/c1-16-9-6-7-12-21(16)26-22(27)20-11-8-10-17-15-18(13-14-19(17)20)25-28-23(2,3)24(4,5)29-25/h6-15H,1-5H3,(H,26,27). The summed E-state index contributed by atoms with van der Waals surface area (Å²) in [6.45, 7) is 10.2. The lowest BCUT2D eigenvalue weighted by Gasteiger charge is -2.32. The Bertz CT molecular complexity index is 1070. The zero-order valence-electron chi connectivity index (χ0n) is 17.6. The number of carbonyl (C=O) groups excluding carboxylic acids is 1. The van der Waals surface area contributed by atoms with Crippen LogP contribution in [0.5, 0.6) is 0 Å². The van der Waals surface area contributed by atoms with Gasteiger partial charge in [0.25, 0.3) is 5.91 Å². The van der Waals surface area contributed by atoms with Crippen LogP contribution in [0.3, 0.4) is 0 Å². The molecule has 1 amide bonds. The maximum atomic E-state index is 12.9. The minimum absolute atomic E-state index is 0.117. The van der Waals surface area contributed by atoms with Crippen molar-refractivity contribution in [1.82, 2.24) is 0 Å². The highest BCUT2D eigenvalue weighted by Gasteiger charge is 2.51. The molecule has 1 N–H and O–H groups in total. The fourth-order valence-electron chi connectivity index (χ4n) is 3.53. The second-order valence-electron chi connectivity index (χ2n) is 8.64. The zero-order chi connectivity index (χ0) is 20.8. The molecule has 29 heavy (non-hydrogen) atoms. The number of aryl methyl sites for hydroxylation is 1. The summed E-state index contributed by atoms with van der Waals surface area (Å²) in [4.78, 5) is 12.9. The molecule has 0 bridgehead atoms. The summed E-state index contributed by atoms with van der Waals surface area (Å²) < 4.78 is 12.3. The Labute approximate surface area is 172 Å². The van der Waals surface area contributed by atoms with Crippen molar-refractivity contribution in [2.45, 2.75) is 45.8 Å². The Balaban J connectivity index is 1.65. The Hall–Kier alpha value is -2.63. The molecule has 1 saturated heterocycles. The average Bonchev–Trinajstić information content (AvgIpc) is 2.90. The zero-order valence-corrected chi connectivity index (χ0v) is 17.6. The highest BCUT2D eigenvalue weighted by Crippen LogP contribution is 2.36. The SMILES string of the molecule is Cc1ccccc1NC(=O)c1cccc2cc(B3OC(C)(C)C(C)(C)O3)ccc12. The number of anilines is 1. The van der Waals surface area contributed by atoms with Crippen molar-refractivity contribution in [1.29, 1.82) is 0 Å². The smallest absolute Gasteiger partial charge is 0.399 e. The molecule has 0 radical (unpaired) electrons. The number of benzene rings is 3. The molecule has 0 saturated carbocycles. The van der Waals surface area contributed by atoms with E-state index >= 15 is 0 Å². The third kappa shape index (κ3) is 3.56. The molecule has 148 valence electrons. The van der Waals surface area contributed by atoms with Crippen LogP contribution >= 0.6 is 0 Å². The minimum atomic E-state index is -0.422. The van der Waals surface area contributed by atoms with Crippen molar-refractivity contribution in [3.63, 3.8) is 0 Å². The summed E-state index contributed by atoms with van der Waals surface area (Å²) >= 11 is 0. The van der Waals surface area contributed by atoms with E-state index in [1.54, 1.807) is 0 Å². The summed E-state index contributed by atoms with van der Waals surface area (Å²) in [5.41, 5.74) is 2.68. The molecule has 1 aliphatic rings. The van der Waals surface area contributed by atoms with E-state index < -0.39 is 7.12 Å². The Kier molecular flexibility index (Phi) is 4.76. The molecule has 1 fully saturated rings. The van der Waals surface area contributed by atoms with Crippen LogP contribution in [0.2, 0.25) is 0 Å². The van der Waals surface area contributed by atoms with E-state index in [1.165, 1.54) is 0 Å². The van der Waals surface area contributed by atoms with Gasteiger partial charge in [0.1, 0.15) is 0 Å². The van der Waals surface area contributed by atoms with Crippen molar-refractivity contribution >= 4 is 34.9 Å². The van der Waals surface area contributed by atoms with Crippen LogP contribution < -0.4 is 10.8 Å². The molecule has 4 rings (SSSR count). The van der Waals surface area contributed by atoms with Crippen molar-refractivity contribution in [3.8, 4) is 0 Å². The third-order valence-corrected chi connectivity index (χ3v) is 6.07. The largest absolute Gasteiger partial charge is 0.494 e. The predicted octanol–water partition coefficient (Wildman–Crippen LogP) is 4.70. The van der Waals surface area contributed by atoms with Gasteiger partial charge in [0.15, 0.2) is 0 Å². The van der Waals surface area contributed by atoms with Crippen LogP contribution in [0.15, 0.2) is 60.7 Å². The molecule has 0 aliphatic carbocycles. The van der Waals surface area contributed by atoms with Crippen molar-refractivity contribution in [2.75, 3.05) is 5.32 Å². The van der Waals surface area contributed by atoms with Gasteiger partial charge >= 0.3 is 7.12 Å². The van der Waals surface area contributed by atoms with Gasteiger partial charge in [-0.2, -0.15) is 0 Å². The van der Waals surface area contributed by atoms with Gasteiger partial charge in [-0.25, -0.2) is 0 Å². The summed E-state index contributed by atoms with van der Waals surface area (Å²) in [7, 11) is -0.422. The first-order chi connectivity index (χ1) is 13.7. The van der Waals surface area contributed by atoms with E-state index in [2.05, 4.69) is 5.32 Å². The minimum Gasteiger partial charge on any atom is -0.399 e. The van der Waals surface area contributed by atoms with Gasteiger partial charge < -0.3 is 14.6 Å². The van der Waals surface area contributed by atoms with Gasteiger partial charge in [0.05, 0.1) is 11.2 Å². The maximum Gasteiger partial charge on any atom is 0.494 e. The van der Waals surface area contributed by atoms with E-state index in [1.807, 2.05) is 95.3 Å². The Morgan fingerprint density at radius 2 is 1.59 bits per heavy atom. The highest BCUT2D eigenvalue weighted by atomic mass is 16.7. The molecular weight excluding hydrogens is 361 g/mol. The predicted molar refractivity (Wildman–Crippen MR) is 119 cm³/mol. The van der Waals surface area contributed by atoms with Crippen LogP contribution in [0.1, 0.15) is 43.6 Å².